The molecule has 0 atom stereocenters. The summed E-state index contributed by atoms with van der Waals surface area (Å²) in [5.74, 6) is -0.647. The van der Waals surface area contributed by atoms with Crippen LogP contribution in [0.15, 0.2) is 112 Å². The van der Waals surface area contributed by atoms with E-state index in [0.29, 0.717) is 10.8 Å². The second kappa shape index (κ2) is 13.2. The van der Waals surface area contributed by atoms with Gasteiger partial charge in [0.15, 0.2) is 5.13 Å². The topological polar surface area (TPSA) is 72.8 Å². The van der Waals surface area contributed by atoms with Gasteiger partial charge >= 0.3 is 5.97 Å². The lowest BCUT2D eigenvalue weighted by atomic mass is 9.77. The number of hydrogen-bond donors (Lipinski definition) is 1. The summed E-state index contributed by atoms with van der Waals surface area (Å²) in [4.78, 5) is 22.6. The number of nitrogens with zero attached hydrogens (tertiary/aromatic N) is 2. The number of benzene rings is 3. The smallest absolute Gasteiger partial charge is 0.362 e. The zero-order chi connectivity index (χ0) is 26.8. The number of hydrogen-bond acceptors (Lipinski definition) is 7. The second-order valence-electron chi connectivity index (χ2n) is 7.96. The normalized spacial score (nSPS) is 11.5. The van der Waals surface area contributed by atoms with E-state index < -0.39 is 11.5 Å². The van der Waals surface area contributed by atoms with Crippen LogP contribution in [0, 0.1) is 0 Å². The Labute approximate surface area is 235 Å². The summed E-state index contributed by atoms with van der Waals surface area (Å²) < 4.78 is 5.22. The molecule has 1 heterocycles. The van der Waals surface area contributed by atoms with Crippen molar-refractivity contribution < 1.29 is 14.4 Å². The molecule has 0 radical (unpaired) electrons. The van der Waals surface area contributed by atoms with Crippen molar-refractivity contribution in [2.45, 2.75) is 12.5 Å². The second-order valence-corrected chi connectivity index (χ2v) is 9.83. The number of rotatable bonds is 11. The average Bonchev–Trinajstić information content (AvgIpc) is 3.41. The van der Waals surface area contributed by atoms with E-state index in [1.54, 1.807) is 12.3 Å². The monoisotopic (exact) mass is 565 g/mol. The van der Waals surface area contributed by atoms with Crippen molar-refractivity contribution in [1.82, 2.24) is 4.98 Å². The minimum atomic E-state index is -0.765. The fraction of sp³-hybridized carbons (Fsp3) is 0.138. The highest BCUT2D eigenvalue weighted by Gasteiger charge is 2.37. The first-order chi connectivity index (χ1) is 18.5. The molecule has 4 rings (SSSR count). The Bertz CT molecular complexity index is 1290. The van der Waals surface area contributed by atoms with Gasteiger partial charge in [-0.05, 0) is 29.7 Å². The Hall–Kier alpha value is -3.65. The average molecular weight is 567 g/mol. The van der Waals surface area contributed by atoms with Gasteiger partial charge in [-0.15, -0.1) is 11.3 Å². The Balaban J connectivity index is 1.79. The molecule has 0 aliphatic heterocycles. The Morgan fingerprint density at radius 2 is 1.47 bits per heavy atom. The maximum absolute atomic E-state index is 12.7. The SMILES string of the molecule is CCOC(=O)/C(=N\OCC=C(Cl)Cl)c1csc(NC(c2ccccc2)(c2ccccc2)c2ccccc2)n1. The minimum Gasteiger partial charge on any atom is -0.461 e. The number of halogens is 2. The van der Waals surface area contributed by atoms with E-state index in [2.05, 4.69) is 46.9 Å². The number of oxime groups is 1. The Morgan fingerprint density at radius 1 is 0.947 bits per heavy atom. The molecular weight excluding hydrogens is 541 g/mol. The maximum atomic E-state index is 12.7. The van der Waals surface area contributed by atoms with Gasteiger partial charge in [0.25, 0.3) is 0 Å². The van der Waals surface area contributed by atoms with Crippen LogP contribution in [0.3, 0.4) is 0 Å². The number of esters is 1. The lowest BCUT2D eigenvalue weighted by molar-refractivity contribution is -0.135. The van der Waals surface area contributed by atoms with Crippen molar-refractivity contribution >= 4 is 51.4 Å². The predicted octanol–water partition coefficient (Wildman–Crippen LogP) is 7.15. The molecule has 0 unspecified atom stereocenters. The quantitative estimate of drug-likeness (QED) is 0.0687. The van der Waals surface area contributed by atoms with Crippen molar-refractivity contribution in [3.63, 3.8) is 0 Å². The standard InChI is InChI=1S/C29H25Cl2N3O3S/c1-2-36-27(35)26(34-37-19-18-25(30)31)24-20-38-28(32-24)33-29(21-12-6-3-7-13-21,22-14-8-4-9-15-22)23-16-10-5-11-17-23/h3-18,20H,2,19H2,1H3,(H,32,33)/b34-26-. The molecule has 0 amide bonds. The highest BCUT2D eigenvalue weighted by atomic mass is 35.5. The molecule has 6 nitrogen and oxygen atoms in total. The summed E-state index contributed by atoms with van der Waals surface area (Å²) in [5, 5.41) is 9.96. The Kier molecular flexibility index (Phi) is 9.54. The first-order valence-corrected chi connectivity index (χ1v) is 13.5. The largest absolute Gasteiger partial charge is 0.461 e. The van der Waals surface area contributed by atoms with E-state index in [9.17, 15) is 4.79 Å². The van der Waals surface area contributed by atoms with Gasteiger partial charge in [-0.25, -0.2) is 9.78 Å². The molecule has 0 saturated carbocycles. The van der Waals surface area contributed by atoms with Gasteiger partial charge in [0, 0.05) is 5.38 Å². The van der Waals surface area contributed by atoms with Gasteiger partial charge in [-0.2, -0.15) is 0 Å². The van der Waals surface area contributed by atoms with Crippen LogP contribution < -0.4 is 5.32 Å². The lowest BCUT2D eigenvalue weighted by Gasteiger charge is -2.36. The van der Waals surface area contributed by atoms with Crippen LogP contribution in [0.1, 0.15) is 29.3 Å². The molecule has 0 aliphatic rings. The van der Waals surface area contributed by atoms with E-state index in [-0.39, 0.29) is 23.4 Å². The molecular formula is C29H25Cl2N3O3S. The van der Waals surface area contributed by atoms with Crippen molar-refractivity contribution in [2.24, 2.45) is 5.16 Å². The first-order valence-electron chi connectivity index (χ1n) is 11.8. The molecule has 38 heavy (non-hydrogen) atoms. The zero-order valence-corrected chi connectivity index (χ0v) is 22.8. The molecule has 3 aromatic carbocycles. The molecule has 0 fully saturated rings. The molecule has 1 aromatic heterocycles. The molecule has 0 saturated heterocycles. The third-order valence-electron chi connectivity index (χ3n) is 5.60. The van der Waals surface area contributed by atoms with Crippen LogP contribution in [0.4, 0.5) is 5.13 Å². The molecule has 0 bridgehead atoms. The van der Waals surface area contributed by atoms with Gasteiger partial charge in [-0.3, -0.25) is 0 Å². The van der Waals surface area contributed by atoms with Crippen molar-refractivity contribution in [3.05, 3.63) is 129 Å². The van der Waals surface area contributed by atoms with Crippen molar-refractivity contribution in [2.75, 3.05) is 18.5 Å². The van der Waals surface area contributed by atoms with E-state index >= 15 is 0 Å². The summed E-state index contributed by atoms with van der Waals surface area (Å²) in [6, 6.07) is 30.5. The van der Waals surface area contributed by atoms with Gasteiger partial charge in [-0.1, -0.05) is 119 Å². The molecule has 4 aromatic rings. The fourth-order valence-electron chi connectivity index (χ4n) is 3.97. The number of thiazole rings is 1. The summed E-state index contributed by atoms with van der Waals surface area (Å²) >= 11 is 12.6. The number of carbonyl (C=O) groups excluding carboxylic acids is 1. The van der Waals surface area contributed by atoms with Crippen LogP contribution >= 0.6 is 34.5 Å². The van der Waals surface area contributed by atoms with Crippen LogP contribution in [0.25, 0.3) is 0 Å². The summed E-state index contributed by atoms with van der Waals surface area (Å²) in [6.45, 7) is 1.88. The van der Waals surface area contributed by atoms with Crippen LogP contribution in [-0.2, 0) is 19.9 Å². The van der Waals surface area contributed by atoms with Crippen LogP contribution in [-0.4, -0.2) is 29.9 Å². The number of aromatic nitrogens is 1. The van der Waals surface area contributed by atoms with Crippen molar-refractivity contribution in [3.8, 4) is 0 Å². The highest BCUT2D eigenvalue weighted by Crippen LogP contribution is 2.40. The lowest BCUT2D eigenvalue weighted by Crippen LogP contribution is -2.38. The molecule has 0 aliphatic carbocycles. The third-order valence-corrected chi connectivity index (χ3v) is 6.66. The molecule has 0 spiro atoms. The minimum absolute atomic E-state index is 0.0143. The predicted molar refractivity (Wildman–Crippen MR) is 154 cm³/mol. The van der Waals surface area contributed by atoms with E-state index in [1.165, 1.54) is 17.4 Å². The maximum Gasteiger partial charge on any atom is 0.362 e. The van der Waals surface area contributed by atoms with E-state index in [1.807, 2.05) is 54.6 Å². The number of ether oxygens (including phenoxy) is 1. The summed E-state index contributed by atoms with van der Waals surface area (Å²) in [6.07, 6.45) is 1.41. The third kappa shape index (κ3) is 6.42. The van der Waals surface area contributed by atoms with Gasteiger partial charge < -0.3 is 14.9 Å². The molecule has 9 heteroatoms. The van der Waals surface area contributed by atoms with Gasteiger partial charge in [0.2, 0.25) is 5.71 Å². The first kappa shape index (κ1) is 27.4. The van der Waals surface area contributed by atoms with E-state index in [0.717, 1.165) is 16.7 Å². The van der Waals surface area contributed by atoms with E-state index in [4.69, 9.17) is 37.8 Å². The number of carbonyl (C=O) groups is 1. The van der Waals surface area contributed by atoms with Crippen LogP contribution in [0.5, 0.6) is 0 Å². The highest BCUT2D eigenvalue weighted by molar-refractivity contribution is 7.14. The molecule has 1 N–H and O–H groups in total. The zero-order valence-electron chi connectivity index (χ0n) is 20.5. The van der Waals surface area contributed by atoms with Crippen molar-refractivity contribution in [1.29, 1.82) is 0 Å². The Morgan fingerprint density at radius 3 is 1.95 bits per heavy atom. The molecule has 194 valence electrons. The summed E-state index contributed by atoms with van der Waals surface area (Å²) in [7, 11) is 0. The van der Waals surface area contributed by atoms with Gasteiger partial charge in [0.05, 0.1) is 6.61 Å². The van der Waals surface area contributed by atoms with Crippen LogP contribution in [0.2, 0.25) is 0 Å². The fourth-order valence-corrected chi connectivity index (χ4v) is 4.85. The number of nitrogens with one attached hydrogen (secondary N) is 1. The van der Waals surface area contributed by atoms with Gasteiger partial charge in [0.1, 0.15) is 22.3 Å². The number of anilines is 1. The summed E-state index contributed by atoms with van der Waals surface area (Å²) in [5.41, 5.74) is 2.59.